The Morgan fingerprint density at radius 2 is 0.976 bits per heavy atom. The number of carbonyl (C=O) groups excluding carboxylic acids is 2. The summed E-state index contributed by atoms with van der Waals surface area (Å²) < 4.78 is 39.6. The molecule has 2 heterocycles. The summed E-state index contributed by atoms with van der Waals surface area (Å²) in [5.41, 5.74) is 8.65. The van der Waals surface area contributed by atoms with E-state index in [-0.39, 0.29) is 58.5 Å². The van der Waals surface area contributed by atoms with Crippen LogP contribution in [0.4, 0.5) is 78.1 Å². The number of aromatic nitrogens is 6. The lowest BCUT2D eigenvalue weighted by molar-refractivity contribution is -0.112. The Balaban J connectivity index is 0.000000394. The molecule has 0 saturated heterocycles. The Kier molecular flexibility index (Phi) is 25.9. The largest absolute Gasteiger partial charge is 0.494 e. The van der Waals surface area contributed by atoms with Crippen molar-refractivity contribution in [1.29, 1.82) is 0 Å². The van der Waals surface area contributed by atoms with Crippen LogP contribution >= 0.6 is 34.8 Å². The van der Waals surface area contributed by atoms with E-state index in [0.29, 0.717) is 51.9 Å². The number of amides is 1. The lowest BCUT2D eigenvalue weighted by Gasteiger charge is -2.26. The number of halogens is 5. The molecule has 0 aliphatic rings. The van der Waals surface area contributed by atoms with Crippen molar-refractivity contribution in [3.8, 4) is 11.5 Å². The van der Waals surface area contributed by atoms with Crippen LogP contribution in [0.25, 0.3) is 0 Å². The summed E-state index contributed by atoms with van der Waals surface area (Å²) in [6, 6.07) is 12.2. The van der Waals surface area contributed by atoms with Gasteiger partial charge in [-0.25, -0.2) is 28.7 Å². The Morgan fingerprint density at radius 1 is 0.610 bits per heavy atom. The fraction of sp³-hybridized carbons (Fsp3) is 0.345. The van der Waals surface area contributed by atoms with Gasteiger partial charge in [0.15, 0.2) is 0 Å². The number of anilines is 12. The van der Waals surface area contributed by atoms with Crippen molar-refractivity contribution in [2.75, 3.05) is 125 Å². The third kappa shape index (κ3) is 20.4. The first-order chi connectivity index (χ1) is 38.0. The first kappa shape index (κ1) is 68.6. The quantitative estimate of drug-likeness (QED) is 0.0168. The van der Waals surface area contributed by atoms with Crippen LogP contribution in [-0.4, -0.2) is 144 Å². The molecule has 22 nitrogen and oxygen atoms in total. The number of nitrogens with one attached hydrogen (secondary N) is 5. The van der Waals surface area contributed by atoms with Crippen LogP contribution in [0.5, 0.6) is 11.5 Å². The number of hydrogen-bond donors (Lipinski definition) is 8. The van der Waals surface area contributed by atoms with Crippen molar-refractivity contribution in [3.63, 3.8) is 0 Å². The highest BCUT2D eigenvalue weighted by Crippen LogP contribution is 2.40. The number of likely N-dealkylation sites (N-methyl/N-ethyl adjacent to an activating group) is 4. The molecule has 444 valence electrons. The molecule has 0 fully saturated rings. The van der Waals surface area contributed by atoms with E-state index in [1.165, 1.54) is 44.0 Å². The highest BCUT2D eigenvalue weighted by atomic mass is 35.5. The van der Waals surface area contributed by atoms with E-state index in [1.54, 1.807) is 53.0 Å². The van der Waals surface area contributed by atoms with Crippen molar-refractivity contribution in [2.24, 2.45) is 0 Å². The molecule has 0 spiro atoms. The average Bonchev–Trinajstić information content (AvgIpc) is 3.41. The maximum atomic E-state index is 14.3. The van der Waals surface area contributed by atoms with Crippen LogP contribution in [0.2, 0.25) is 10.0 Å². The van der Waals surface area contributed by atoms with Crippen molar-refractivity contribution in [1.82, 2.24) is 39.7 Å². The molecule has 0 radical (unpaired) electrons. The van der Waals surface area contributed by atoms with Gasteiger partial charge in [-0.05, 0) is 116 Å². The predicted molar refractivity (Wildman–Crippen MR) is 327 cm³/mol. The molecule has 0 unspecified atom stereocenters. The Labute approximate surface area is 492 Å². The Morgan fingerprint density at radius 3 is 1.33 bits per heavy atom. The molecule has 6 rings (SSSR count). The second-order valence-corrected chi connectivity index (χ2v) is 20.5. The fourth-order valence-electron chi connectivity index (χ4n) is 7.19. The molecule has 1 amide bonds. The van der Waals surface area contributed by atoms with Crippen LogP contribution in [-0.2, 0) is 20.8 Å². The lowest BCUT2D eigenvalue weighted by atomic mass is 9.96. The number of hydrogen-bond acceptors (Lipinski definition) is 21. The summed E-state index contributed by atoms with van der Waals surface area (Å²) >= 11 is 16.6. The van der Waals surface area contributed by atoms with Gasteiger partial charge in [0.25, 0.3) is 0 Å². The first-order valence-electron chi connectivity index (χ1n) is 24.5. The van der Waals surface area contributed by atoms with Gasteiger partial charge in [0.2, 0.25) is 34.9 Å². The van der Waals surface area contributed by atoms with Gasteiger partial charge in [0.05, 0.1) is 69.6 Å². The summed E-state index contributed by atoms with van der Waals surface area (Å²) in [7, 11) is 15.0. The molecular weight excluding hydrogens is 1130 g/mol. The minimum atomic E-state index is -1.32. The highest BCUT2D eigenvalue weighted by molar-refractivity contribution is 6.66. The number of benzene rings is 4. The number of aliphatic hydroxyl groups is 2. The third-order valence-corrected chi connectivity index (χ3v) is 12.2. The van der Waals surface area contributed by atoms with Crippen molar-refractivity contribution in [2.45, 2.75) is 46.3 Å². The zero-order valence-electron chi connectivity index (χ0n) is 47.1. The van der Waals surface area contributed by atoms with Gasteiger partial charge in [0, 0.05) is 74.9 Å². The molecule has 82 heavy (non-hydrogen) atoms. The number of rotatable bonds is 23. The third-order valence-electron chi connectivity index (χ3n) is 11.4. The van der Waals surface area contributed by atoms with Gasteiger partial charge in [0.1, 0.15) is 35.8 Å². The second kappa shape index (κ2) is 30.9. The molecular formula is C55H73Cl3F2N16O6. The molecule has 4 aromatic carbocycles. The van der Waals surface area contributed by atoms with Gasteiger partial charge >= 0.3 is 0 Å². The summed E-state index contributed by atoms with van der Waals surface area (Å²) in [4.78, 5) is 55.2. The van der Waals surface area contributed by atoms with Crippen molar-refractivity contribution < 1.29 is 38.1 Å². The van der Waals surface area contributed by atoms with Gasteiger partial charge in [-0.15, -0.1) is 0 Å². The van der Waals surface area contributed by atoms with Crippen LogP contribution in [0.15, 0.2) is 86.5 Å². The van der Waals surface area contributed by atoms with E-state index < -0.39 is 28.1 Å². The maximum Gasteiger partial charge on any atom is 0.247 e. The molecule has 0 aliphatic carbocycles. The Bertz CT molecular complexity index is 3170. The van der Waals surface area contributed by atoms with E-state index in [9.17, 15) is 28.6 Å². The summed E-state index contributed by atoms with van der Waals surface area (Å²) in [6.07, 6.45) is 4.80. The molecule has 2 aromatic heterocycles. The second-order valence-electron chi connectivity index (χ2n) is 19.3. The maximum absolute atomic E-state index is 14.3. The number of nitrogen functional groups attached to an aromatic ring is 1. The average molecular weight is 1200 g/mol. The lowest BCUT2D eigenvalue weighted by Crippen LogP contribution is -2.29. The molecule has 0 aliphatic heterocycles. The predicted octanol–water partition coefficient (Wildman–Crippen LogP) is 10.1. The molecule has 0 saturated carbocycles. The van der Waals surface area contributed by atoms with E-state index in [2.05, 4.69) is 84.3 Å². The molecule has 6 aromatic rings. The van der Waals surface area contributed by atoms with Crippen LogP contribution in [0, 0.1) is 11.6 Å². The topological polar surface area (TPSA) is 270 Å². The van der Waals surface area contributed by atoms with Crippen LogP contribution < -0.4 is 51.6 Å². The fourth-order valence-corrected chi connectivity index (χ4v) is 7.51. The summed E-state index contributed by atoms with van der Waals surface area (Å²) in [5, 5.41) is 35.2. The first-order valence-corrected chi connectivity index (χ1v) is 25.7. The van der Waals surface area contributed by atoms with Gasteiger partial charge < -0.3 is 71.6 Å². The van der Waals surface area contributed by atoms with Crippen LogP contribution in [0.3, 0.4) is 0 Å². The van der Waals surface area contributed by atoms with E-state index in [1.807, 2.05) is 53.3 Å². The van der Waals surface area contributed by atoms with E-state index >= 15 is 0 Å². The van der Waals surface area contributed by atoms with E-state index in [0.717, 1.165) is 43.2 Å². The number of nitrogens with two attached hydrogens (primary N) is 1. The van der Waals surface area contributed by atoms with Crippen molar-refractivity contribution in [3.05, 3.63) is 119 Å². The van der Waals surface area contributed by atoms with Crippen molar-refractivity contribution >= 4 is 115 Å². The number of allylic oxidation sites excluding steroid dienone is 1. The van der Waals surface area contributed by atoms with Gasteiger partial charge in [-0.3, -0.25) is 9.59 Å². The van der Waals surface area contributed by atoms with E-state index in [4.69, 9.17) is 50.0 Å². The normalized spacial score (nSPS) is 10.9. The Hall–Kier alpha value is -7.71. The highest BCUT2D eigenvalue weighted by Gasteiger charge is 2.25. The number of nitrogens with zero attached hydrogens (tertiary/aromatic N) is 10. The molecule has 27 heteroatoms. The monoisotopic (exact) mass is 1200 g/mol. The molecule has 0 atom stereocenters. The standard InChI is InChI=1S/C27H34ClFN8O3.C24H32ClFN8O2.C3H3ClO.CH4/c1-8-24(38)32-20-13-21(23(40-7)14-22(20)37(6)10-9-36(4)5)34-26-31-15-30-25(35-26)33-19-12-18(29)17(28)11-16(19)27(2,3)39;1-24(2,35)14-9-15(25)16(26)10-18(14)30-22-28-13-29-23(32-22)31-19-11-17(27)20(12-21(19)36-6)34(5)8-7-33(3)4;1-2-3(4)5;/h8,11-15,39H,1,9-10H2,2-7H3,(H,32,38)(H2,30,31,33,34,35);9-13,35H,7-8,27H2,1-6H3,(H2,28,29,30,31,32);2H,1H2;1H4. The van der Waals surface area contributed by atoms with Crippen LogP contribution in [0.1, 0.15) is 46.2 Å². The minimum absolute atomic E-state index is 0. The number of ether oxygens (including phenoxy) is 2. The summed E-state index contributed by atoms with van der Waals surface area (Å²) in [5.74, 6) is -0.0898. The minimum Gasteiger partial charge on any atom is -0.494 e. The van der Waals surface area contributed by atoms with Gasteiger partial charge in [-0.2, -0.15) is 9.97 Å². The summed E-state index contributed by atoms with van der Waals surface area (Å²) in [6.45, 7) is 16.0. The SMILES string of the molecule is C.C=CC(=O)Cl.C=CC(=O)Nc1cc(Nc2ncnc(Nc3cc(F)c(Cl)cc3C(C)(C)O)n2)c(OC)cc1N(C)CCN(C)C.COc1cc(N(C)CCN(C)C)c(N)cc1Nc1ncnc(Nc2cc(F)c(Cl)cc2C(C)(C)O)n1. The van der Waals surface area contributed by atoms with Gasteiger partial charge in [-0.1, -0.05) is 43.8 Å². The smallest absolute Gasteiger partial charge is 0.247 e. The molecule has 9 N–H and O–H groups in total. The number of carbonyl (C=O) groups is 2. The zero-order chi connectivity index (χ0) is 60.5. The zero-order valence-corrected chi connectivity index (χ0v) is 49.4. The molecule has 0 bridgehead atoms. The number of methoxy groups -OCH3 is 2.